The molecule has 0 unspecified atom stereocenters. The Morgan fingerprint density at radius 1 is 1.40 bits per heavy atom. The molecular weight excluding hydrogens is 194 g/mol. The second-order valence-corrected chi connectivity index (χ2v) is 3.33. The van der Waals surface area contributed by atoms with Gasteiger partial charge in [-0.05, 0) is 18.6 Å². The van der Waals surface area contributed by atoms with Gasteiger partial charge in [0.05, 0.1) is 5.39 Å². The molecule has 0 atom stereocenters. The summed E-state index contributed by atoms with van der Waals surface area (Å²) in [5.74, 6) is -1.21. The predicted octanol–water partition coefficient (Wildman–Crippen LogP) is 1.48. The molecule has 0 aliphatic heterocycles. The first-order valence-electron chi connectivity index (χ1n) is 4.46. The number of fused-ring (bicyclic) bond motifs is 1. The van der Waals surface area contributed by atoms with Crippen LogP contribution < -0.4 is 4.73 Å². The summed E-state index contributed by atoms with van der Waals surface area (Å²) in [6.07, 6.45) is 0. The van der Waals surface area contributed by atoms with Gasteiger partial charge < -0.3 is 10.3 Å². The number of rotatable bonds is 1. The third kappa shape index (κ3) is 1.40. The van der Waals surface area contributed by atoms with E-state index in [1.54, 1.807) is 25.1 Å². The van der Waals surface area contributed by atoms with Gasteiger partial charge in [0.1, 0.15) is 0 Å². The van der Waals surface area contributed by atoms with Gasteiger partial charge in [0.2, 0.25) is 5.52 Å². The molecular formula is C11H9NO3. The highest BCUT2D eigenvalue weighted by Gasteiger charge is 2.18. The van der Waals surface area contributed by atoms with E-state index in [1.807, 2.05) is 6.07 Å². The van der Waals surface area contributed by atoms with E-state index in [0.29, 0.717) is 10.2 Å². The number of pyridine rings is 1. The summed E-state index contributed by atoms with van der Waals surface area (Å²) in [6, 6.07) is 8.32. The molecule has 0 aliphatic rings. The standard InChI is InChI=1S/C11H9NO3/c1-7-6-10(11(13)14)12(15)9-5-3-2-4-8(7)9/h2-6H,1H3,(H,13,14). The number of aromatic carboxylic acids is 1. The Balaban J connectivity index is 2.90. The molecule has 0 bridgehead atoms. The summed E-state index contributed by atoms with van der Waals surface area (Å²) in [7, 11) is 0. The quantitative estimate of drug-likeness (QED) is 0.564. The van der Waals surface area contributed by atoms with Crippen molar-refractivity contribution in [1.82, 2.24) is 0 Å². The first kappa shape index (κ1) is 9.45. The molecule has 0 saturated heterocycles. The lowest BCUT2D eigenvalue weighted by Gasteiger charge is -2.06. The number of aromatic nitrogens is 1. The zero-order valence-electron chi connectivity index (χ0n) is 8.10. The van der Waals surface area contributed by atoms with Crippen LogP contribution in [-0.2, 0) is 0 Å². The van der Waals surface area contributed by atoms with E-state index in [-0.39, 0.29) is 5.69 Å². The van der Waals surface area contributed by atoms with Gasteiger partial charge >= 0.3 is 11.7 Å². The van der Waals surface area contributed by atoms with Crippen LogP contribution in [0.2, 0.25) is 0 Å². The molecule has 76 valence electrons. The summed E-state index contributed by atoms with van der Waals surface area (Å²) in [5, 5.41) is 21.3. The van der Waals surface area contributed by atoms with Crippen molar-refractivity contribution in [3.63, 3.8) is 0 Å². The number of hydrogen-bond donors (Lipinski definition) is 1. The van der Waals surface area contributed by atoms with Crippen LogP contribution in [0.15, 0.2) is 30.3 Å². The molecule has 0 aliphatic carbocycles. The third-order valence-electron chi connectivity index (χ3n) is 2.34. The van der Waals surface area contributed by atoms with E-state index >= 15 is 0 Å². The first-order valence-corrected chi connectivity index (χ1v) is 4.46. The molecule has 0 saturated carbocycles. The van der Waals surface area contributed by atoms with Gasteiger partial charge in [0.25, 0.3) is 0 Å². The lowest BCUT2D eigenvalue weighted by molar-refractivity contribution is -0.580. The van der Waals surface area contributed by atoms with E-state index in [1.165, 1.54) is 6.07 Å². The normalized spacial score (nSPS) is 10.5. The fourth-order valence-electron chi connectivity index (χ4n) is 1.60. The summed E-state index contributed by atoms with van der Waals surface area (Å²) >= 11 is 0. The van der Waals surface area contributed by atoms with Crippen LogP contribution in [0.25, 0.3) is 10.9 Å². The number of para-hydroxylation sites is 1. The van der Waals surface area contributed by atoms with Gasteiger partial charge in [-0.2, -0.15) is 4.73 Å². The Bertz CT molecular complexity index is 549. The number of benzene rings is 1. The molecule has 2 rings (SSSR count). The highest BCUT2D eigenvalue weighted by molar-refractivity contribution is 5.88. The van der Waals surface area contributed by atoms with Crippen LogP contribution in [0.4, 0.5) is 0 Å². The molecule has 0 fully saturated rings. The van der Waals surface area contributed by atoms with E-state index in [2.05, 4.69) is 0 Å². The lowest BCUT2D eigenvalue weighted by Crippen LogP contribution is -2.35. The first-order chi connectivity index (χ1) is 7.11. The van der Waals surface area contributed by atoms with Crippen LogP contribution >= 0.6 is 0 Å². The molecule has 15 heavy (non-hydrogen) atoms. The summed E-state index contributed by atoms with van der Waals surface area (Å²) in [6.45, 7) is 1.79. The van der Waals surface area contributed by atoms with Crippen LogP contribution in [0.1, 0.15) is 16.1 Å². The maximum atomic E-state index is 11.7. The van der Waals surface area contributed by atoms with Gasteiger partial charge in [-0.25, -0.2) is 4.79 Å². The zero-order valence-corrected chi connectivity index (χ0v) is 8.10. The highest BCUT2D eigenvalue weighted by atomic mass is 16.5. The summed E-state index contributed by atoms with van der Waals surface area (Å²) < 4.78 is 0.449. The molecule has 1 aromatic heterocycles. The van der Waals surface area contributed by atoms with Crippen LogP contribution in [0.3, 0.4) is 0 Å². The van der Waals surface area contributed by atoms with Crippen molar-refractivity contribution in [1.29, 1.82) is 0 Å². The largest absolute Gasteiger partial charge is 0.618 e. The summed E-state index contributed by atoms with van der Waals surface area (Å²) in [4.78, 5) is 10.8. The van der Waals surface area contributed by atoms with Crippen molar-refractivity contribution in [2.45, 2.75) is 6.92 Å². The van der Waals surface area contributed by atoms with Crippen molar-refractivity contribution in [3.8, 4) is 0 Å². The number of aryl methyl sites for hydroxylation is 1. The molecule has 4 heteroatoms. The Morgan fingerprint density at radius 2 is 2.07 bits per heavy atom. The highest BCUT2D eigenvalue weighted by Crippen LogP contribution is 2.15. The fourth-order valence-corrected chi connectivity index (χ4v) is 1.60. The molecule has 0 radical (unpaired) electrons. The van der Waals surface area contributed by atoms with Gasteiger partial charge in [-0.1, -0.05) is 12.1 Å². The smallest absolute Gasteiger partial charge is 0.402 e. The summed E-state index contributed by atoms with van der Waals surface area (Å²) in [5.41, 5.74) is 0.927. The molecule has 1 aromatic carbocycles. The van der Waals surface area contributed by atoms with E-state index < -0.39 is 5.97 Å². The van der Waals surface area contributed by atoms with Crippen LogP contribution in [0, 0.1) is 12.1 Å². The Labute approximate surface area is 86.0 Å². The number of carboxylic acid groups (broad SMARTS) is 1. The Hall–Kier alpha value is -2.10. The van der Waals surface area contributed by atoms with E-state index in [4.69, 9.17) is 5.11 Å². The second kappa shape index (κ2) is 3.24. The van der Waals surface area contributed by atoms with Crippen molar-refractivity contribution < 1.29 is 14.6 Å². The fraction of sp³-hybridized carbons (Fsp3) is 0.0909. The minimum absolute atomic E-state index is 0.244. The van der Waals surface area contributed by atoms with E-state index in [0.717, 1.165) is 10.9 Å². The maximum absolute atomic E-state index is 11.7. The van der Waals surface area contributed by atoms with Crippen LogP contribution in [0.5, 0.6) is 0 Å². The Kier molecular flexibility index (Phi) is 2.04. The van der Waals surface area contributed by atoms with Crippen LogP contribution in [-0.4, -0.2) is 11.1 Å². The van der Waals surface area contributed by atoms with Crippen molar-refractivity contribution in [3.05, 3.63) is 46.8 Å². The van der Waals surface area contributed by atoms with E-state index in [9.17, 15) is 10.0 Å². The number of nitrogens with zero attached hydrogens (tertiary/aromatic N) is 1. The van der Waals surface area contributed by atoms with Crippen molar-refractivity contribution in [2.75, 3.05) is 0 Å². The maximum Gasteiger partial charge on any atom is 0.402 e. The second-order valence-electron chi connectivity index (χ2n) is 3.33. The average molecular weight is 203 g/mol. The number of hydrogen-bond acceptors (Lipinski definition) is 2. The average Bonchev–Trinajstić information content (AvgIpc) is 2.23. The topological polar surface area (TPSA) is 64.2 Å². The van der Waals surface area contributed by atoms with Crippen molar-refractivity contribution >= 4 is 16.9 Å². The third-order valence-corrected chi connectivity index (χ3v) is 2.34. The Morgan fingerprint density at radius 3 is 2.73 bits per heavy atom. The van der Waals surface area contributed by atoms with Gasteiger partial charge in [-0.15, -0.1) is 0 Å². The number of carboxylic acids is 1. The van der Waals surface area contributed by atoms with Gasteiger partial charge in [0, 0.05) is 12.1 Å². The molecule has 4 nitrogen and oxygen atoms in total. The minimum atomic E-state index is -1.21. The minimum Gasteiger partial charge on any atom is -0.618 e. The molecule has 1 heterocycles. The lowest BCUT2D eigenvalue weighted by atomic mass is 10.1. The molecule has 0 amide bonds. The monoisotopic (exact) mass is 203 g/mol. The SMILES string of the molecule is Cc1cc(C(=O)O)[n+]([O-])c2ccccc12. The zero-order chi connectivity index (χ0) is 11.0. The molecule has 2 aromatic rings. The number of carbonyl (C=O) groups is 1. The molecule has 0 spiro atoms. The van der Waals surface area contributed by atoms with Gasteiger partial charge in [0.15, 0.2) is 0 Å². The molecule has 1 N–H and O–H groups in total. The predicted molar refractivity (Wildman–Crippen MR) is 54.6 cm³/mol. The van der Waals surface area contributed by atoms with Gasteiger partial charge in [-0.3, -0.25) is 0 Å². The van der Waals surface area contributed by atoms with Crippen molar-refractivity contribution in [2.24, 2.45) is 0 Å².